The molecule has 2 heterocycles. The van der Waals surface area contributed by atoms with Crippen LogP contribution in [0.2, 0.25) is 0 Å². The third-order valence-corrected chi connectivity index (χ3v) is 6.64. The Morgan fingerprint density at radius 1 is 1.05 bits per heavy atom. The number of hydrogen-bond donors (Lipinski definition) is 1. The van der Waals surface area contributed by atoms with Gasteiger partial charge in [0.05, 0.1) is 12.5 Å². The number of esters is 1. The number of nitrogens with two attached hydrogens (primary N) is 1. The van der Waals surface area contributed by atoms with Crippen LogP contribution in [0.25, 0.3) is 11.0 Å². The summed E-state index contributed by atoms with van der Waals surface area (Å²) in [6.45, 7) is 8.49. The van der Waals surface area contributed by atoms with E-state index in [4.69, 9.17) is 24.4 Å². The second-order valence-corrected chi connectivity index (χ2v) is 9.44. The van der Waals surface area contributed by atoms with E-state index in [1.165, 1.54) is 0 Å². The SMILES string of the molecule is CCCOc1ccc(C2C(C#N)=C(N)Oc3cc(OC(=O)c4oc5cc(C)cc(C)c5c4C)ccc32)cc1. The number of ether oxygens (including phenoxy) is 3. The standard InChI is InChI=1S/C31H28N2O5/c1-5-12-35-21-8-6-20(7-9-21)28-23-11-10-22(15-25(23)38-30(33)24(28)16-32)36-31(34)29-19(4)27-18(3)13-17(2)14-26(27)37-29/h6-11,13-15,28H,5,12,33H2,1-4H3. The average molecular weight is 509 g/mol. The minimum atomic E-state index is -0.605. The summed E-state index contributed by atoms with van der Waals surface area (Å²) in [6.07, 6.45) is 0.912. The van der Waals surface area contributed by atoms with Crippen molar-refractivity contribution < 1.29 is 23.4 Å². The Bertz CT molecular complexity index is 1620. The molecule has 38 heavy (non-hydrogen) atoms. The van der Waals surface area contributed by atoms with Gasteiger partial charge in [0.1, 0.15) is 34.5 Å². The summed E-state index contributed by atoms with van der Waals surface area (Å²) < 4.78 is 23.0. The van der Waals surface area contributed by atoms with Crippen molar-refractivity contribution in [3.05, 3.63) is 99.6 Å². The van der Waals surface area contributed by atoms with E-state index in [0.717, 1.165) is 45.4 Å². The average Bonchev–Trinajstić information content (AvgIpc) is 3.23. The van der Waals surface area contributed by atoms with Crippen molar-refractivity contribution >= 4 is 16.9 Å². The molecule has 0 saturated heterocycles. The Balaban J connectivity index is 1.45. The summed E-state index contributed by atoms with van der Waals surface area (Å²) in [5.74, 6) is 0.574. The van der Waals surface area contributed by atoms with E-state index >= 15 is 0 Å². The molecule has 5 rings (SSSR count). The normalized spacial score (nSPS) is 14.6. The molecule has 1 atom stereocenters. The number of rotatable bonds is 6. The number of benzene rings is 3. The molecule has 0 fully saturated rings. The highest BCUT2D eigenvalue weighted by Gasteiger charge is 2.31. The van der Waals surface area contributed by atoms with E-state index in [9.17, 15) is 10.1 Å². The lowest BCUT2D eigenvalue weighted by Gasteiger charge is -2.26. The Labute approximate surface area is 221 Å². The molecule has 0 aliphatic carbocycles. The molecular formula is C31H28N2O5. The minimum absolute atomic E-state index is 0.0127. The molecule has 0 radical (unpaired) electrons. The maximum absolute atomic E-state index is 13.1. The van der Waals surface area contributed by atoms with Crippen LogP contribution in [-0.4, -0.2) is 12.6 Å². The van der Waals surface area contributed by atoms with Crippen LogP contribution in [0.5, 0.6) is 17.2 Å². The molecule has 0 bridgehead atoms. The number of allylic oxidation sites excluding steroid dienone is 1. The zero-order chi connectivity index (χ0) is 27.0. The quantitative estimate of drug-likeness (QED) is 0.231. The highest BCUT2D eigenvalue weighted by atomic mass is 16.5. The van der Waals surface area contributed by atoms with Gasteiger partial charge in [0.15, 0.2) is 0 Å². The molecule has 3 aromatic carbocycles. The molecule has 7 heteroatoms. The Hall–Kier alpha value is -4.70. The molecule has 192 valence electrons. The van der Waals surface area contributed by atoms with E-state index in [1.807, 2.05) is 58.0 Å². The first-order valence-electron chi connectivity index (χ1n) is 12.5. The van der Waals surface area contributed by atoms with Crippen molar-refractivity contribution in [3.63, 3.8) is 0 Å². The number of nitrogens with zero attached hydrogens (tertiary/aromatic N) is 1. The number of hydrogen-bond acceptors (Lipinski definition) is 7. The predicted octanol–water partition coefficient (Wildman–Crippen LogP) is 6.58. The van der Waals surface area contributed by atoms with Crippen molar-refractivity contribution in [1.29, 1.82) is 5.26 Å². The number of carbonyl (C=O) groups is 1. The van der Waals surface area contributed by atoms with Gasteiger partial charge in [-0.3, -0.25) is 0 Å². The largest absolute Gasteiger partial charge is 0.494 e. The number of furan rings is 1. The Morgan fingerprint density at radius 2 is 1.79 bits per heavy atom. The summed E-state index contributed by atoms with van der Waals surface area (Å²) in [4.78, 5) is 13.1. The van der Waals surface area contributed by atoms with Gasteiger partial charge in [0, 0.05) is 22.6 Å². The maximum Gasteiger partial charge on any atom is 0.379 e. The van der Waals surface area contributed by atoms with Crippen LogP contribution in [0.1, 0.15) is 57.6 Å². The van der Waals surface area contributed by atoms with Gasteiger partial charge < -0.3 is 24.4 Å². The topological polar surface area (TPSA) is 108 Å². The van der Waals surface area contributed by atoms with Crippen LogP contribution < -0.4 is 19.9 Å². The predicted molar refractivity (Wildman–Crippen MR) is 143 cm³/mol. The van der Waals surface area contributed by atoms with Crippen molar-refractivity contribution in [3.8, 4) is 23.3 Å². The fourth-order valence-electron chi connectivity index (χ4n) is 4.96. The lowest BCUT2D eigenvalue weighted by Crippen LogP contribution is -2.21. The molecule has 1 aliphatic rings. The van der Waals surface area contributed by atoms with Gasteiger partial charge in [-0.05, 0) is 68.1 Å². The summed E-state index contributed by atoms with van der Waals surface area (Å²) in [7, 11) is 0. The summed E-state index contributed by atoms with van der Waals surface area (Å²) >= 11 is 0. The molecule has 1 unspecified atom stereocenters. The zero-order valence-corrected chi connectivity index (χ0v) is 21.8. The van der Waals surface area contributed by atoms with Crippen molar-refractivity contribution in [2.24, 2.45) is 5.73 Å². The first-order chi connectivity index (χ1) is 18.3. The van der Waals surface area contributed by atoms with Gasteiger partial charge in [0.2, 0.25) is 11.6 Å². The first kappa shape index (κ1) is 25.0. The van der Waals surface area contributed by atoms with Gasteiger partial charge in [-0.1, -0.05) is 31.2 Å². The van der Waals surface area contributed by atoms with E-state index in [2.05, 4.69) is 12.1 Å². The van der Waals surface area contributed by atoms with Gasteiger partial charge in [-0.25, -0.2) is 4.79 Å². The number of nitriles is 1. The summed E-state index contributed by atoms with van der Waals surface area (Å²) in [6, 6.07) is 18.8. The van der Waals surface area contributed by atoms with Gasteiger partial charge in [-0.2, -0.15) is 5.26 Å². The second-order valence-electron chi connectivity index (χ2n) is 9.44. The lowest BCUT2D eigenvalue weighted by molar-refractivity contribution is 0.0702. The molecule has 2 N–H and O–H groups in total. The fraction of sp³-hybridized carbons (Fsp3) is 0.226. The molecule has 0 amide bonds. The van der Waals surface area contributed by atoms with Crippen LogP contribution in [0, 0.1) is 32.1 Å². The van der Waals surface area contributed by atoms with Gasteiger partial charge in [0.25, 0.3) is 0 Å². The second kappa shape index (κ2) is 9.98. The minimum Gasteiger partial charge on any atom is -0.494 e. The molecule has 1 aliphatic heterocycles. The fourth-order valence-corrected chi connectivity index (χ4v) is 4.96. The van der Waals surface area contributed by atoms with Crippen molar-refractivity contribution in [1.82, 2.24) is 0 Å². The number of aryl methyl sites for hydroxylation is 3. The molecule has 1 aromatic heterocycles. The van der Waals surface area contributed by atoms with Gasteiger partial charge >= 0.3 is 5.97 Å². The van der Waals surface area contributed by atoms with Crippen LogP contribution in [0.15, 0.2) is 70.5 Å². The summed E-state index contributed by atoms with van der Waals surface area (Å²) in [5, 5.41) is 10.7. The molecule has 0 saturated carbocycles. The van der Waals surface area contributed by atoms with Crippen LogP contribution >= 0.6 is 0 Å². The maximum atomic E-state index is 13.1. The van der Waals surface area contributed by atoms with E-state index in [1.54, 1.807) is 18.2 Å². The molecule has 0 spiro atoms. The van der Waals surface area contributed by atoms with Crippen LogP contribution in [-0.2, 0) is 0 Å². The van der Waals surface area contributed by atoms with E-state index < -0.39 is 11.9 Å². The number of carbonyl (C=O) groups excluding carboxylic acids is 1. The Morgan fingerprint density at radius 3 is 2.50 bits per heavy atom. The third kappa shape index (κ3) is 4.46. The van der Waals surface area contributed by atoms with E-state index in [0.29, 0.717) is 23.5 Å². The third-order valence-electron chi connectivity index (χ3n) is 6.64. The summed E-state index contributed by atoms with van der Waals surface area (Å²) in [5.41, 5.74) is 11.5. The number of fused-ring (bicyclic) bond motifs is 2. The van der Waals surface area contributed by atoms with Crippen molar-refractivity contribution in [2.75, 3.05) is 6.61 Å². The smallest absolute Gasteiger partial charge is 0.379 e. The lowest BCUT2D eigenvalue weighted by atomic mass is 9.83. The molecule has 7 nitrogen and oxygen atoms in total. The van der Waals surface area contributed by atoms with Crippen LogP contribution in [0.4, 0.5) is 0 Å². The van der Waals surface area contributed by atoms with Crippen LogP contribution in [0.3, 0.4) is 0 Å². The van der Waals surface area contributed by atoms with Gasteiger partial charge in [-0.15, -0.1) is 0 Å². The zero-order valence-electron chi connectivity index (χ0n) is 21.8. The highest BCUT2D eigenvalue weighted by Crippen LogP contribution is 2.44. The first-order valence-corrected chi connectivity index (χ1v) is 12.5. The molecule has 4 aromatic rings. The monoisotopic (exact) mass is 508 g/mol. The Kier molecular flexibility index (Phi) is 6.56. The van der Waals surface area contributed by atoms with E-state index in [-0.39, 0.29) is 17.4 Å². The van der Waals surface area contributed by atoms with Crippen molar-refractivity contribution in [2.45, 2.75) is 40.0 Å². The highest BCUT2D eigenvalue weighted by molar-refractivity contribution is 5.98. The molecular weight excluding hydrogens is 480 g/mol.